The predicted octanol–water partition coefficient (Wildman–Crippen LogP) is 2.53. The Balaban J connectivity index is 2.52. The highest BCUT2D eigenvalue weighted by Gasteiger charge is 2.12. The van der Waals surface area contributed by atoms with Crippen LogP contribution >= 0.6 is 22.6 Å². The Labute approximate surface area is 120 Å². The molecule has 6 heteroatoms. The van der Waals surface area contributed by atoms with Crippen LogP contribution in [0.3, 0.4) is 0 Å². The number of hydrogen-bond acceptors (Lipinski definition) is 5. The van der Waals surface area contributed by atoms with E-state index in [-0.39, 0.29) is 0 Å². The molecule has 0 fully saturated rings. The monoisotopic (exact) mass is 355 g/mol. The SMILES string of the molecule is CCNc1nc(-c2ccncn2)nc(CC)c1I. The molecule has 0 saturated carbocycles. The molecular weight excluding hydrogens is 341 g/mol. The van der Waals surface area contributed by atoms with Gasteiger partial charge in [-0.2, -0.15) is 0 Å². The van der Waals surface area contributed by atoms with Crippen LogP contribution in [-0.2, 0) is 6.42 Å². The van der Waals surface area contributed by atoms with Gasteiger partial charge >= 0.3 is 0 Å². The van der Waals surface area contributed by atoms with Gasteiger partial charge in [0, 0.05) is 12.7 Å². The van der Waals surface area contributed by atoms with E-state index in [9.17, 15) is 0 Å². The van der Waals surface area contributed by atoms with Crippen LogP contribution in [0.5, 0.6) is 0 Å². The summed E-state index contributed by atoms with van der Waals surface area (Å²) in [6.07, 6.45) is 4.08. The Morgan fingerprint density at radius 1 is 1.28 bits per heavy atom. The van der Waals surface area contributed by atoms with Crippen LogP contribution in [0.15, 0.2) is 18.6 Å². The van der Waals surface area contributed by atoms with Crippen molar-refractivity contribution in [3.05, 3.63) is 27.9 Å². The number of nitrogens with one attached hydrogen (secondary N) is 1. The second-order valence-corrected chi connectivity index (χ2v) is 4.71. The first-order chi connectivity index (χ1) is 8.76. The molecule has 0 atom stereocenters. The highest BCUT2D eigenvalue weighted by Crippen LogP contribution is 2.23. The number of aromatic nitrogens is 4. The van der Waals surface area contributed by atoms with E-state index in [1.165, 1.54) is 6.33 Å². The molecule has 1 N–H and O–H groups in total. The second-order valence-electron chi connectivity index (χ2n) is 3.63. The maximum Gasteiger partial charge on any atom is 0.180 e. The predicted molar refractivity (Wildman–Crippen MR) is 79.3 cm³/mol. The lowest BCUT2D eigenvalue weighted by molar-refractivity contribution is 0.973. The number of aryl methyl sites for hydroxylation is 1. The summed E-state index contributed by atoms with van der Waals surface area (Å²) in [5, 5.41) is 3.26. The van der Waals surface area contributed by atoms with Crippen molar-refractivity contribution in [3.63, 3.8) is 0 Å². The van der Waals surface area contributed by atoms with Crippen LogP contribution in [0.2, 0.25) is 0 Å². The van der Waals surface area contributed by atoms with Gasteiger partial charge in [-0.3, -0.25) is 0 Å². The molecule has 0 unspecified atom stereocenters. The molecule has 0 aliphatic heterocycles. The van der Waals surface area contributed by atoms with Gasteiger partial charge in [0.15, 0.2) is 5.82 Å². The third kappa shape index (κ3) is 2.74. The van der Waals surface area contributed by atoms with Crippen LogP contribution in [0.4, 0.5) is 5.82 Å². The van der Waals surface area contributed by atoms with E-state index in [0.29, 0.717) is 5.82 Å². The number of anilines is 1. The molecule has 0 saturated heterocycles. The van der Waals surface area contributed by atoms with E-state index >= 15 is 0 Å². The van der Waals surface area contributed by atoms with Crippen molar-refractivity contribution in [2.24, 2.45) is 0 Å². The van der Waals surface area contributed by atoms with Crippen LogP contribution in [0, 0.1) is 3.57 Å². The molecule has 0 aliphatic carbocycles. The molecule has 2 aromatic heterocycles. The first-order valence-electron chi connectivity index (χ1n) is 5.82. The fourth-order valence-electron chi connectivity index (χ4n) is 1.55. The summed E-state index contributed by atoms with van der Waals surface area (Å²) in [5.74, 6) is 1.52. The molecule has 0 radical (unpaired) electrons. The molecule has 0 amide bonds. The van der Waals surface area contributed by atoms with Gasteiger partial charge in [0.2, 0.25) is 0 Å². The van der Waals surface area contributed by atoms with Crippen molar-refractivity contribution >= 4 is 28.4 Å². The molecule has 0 spiro atoms. The van der Waals surface area contributed by atoms with E-state index in [4.69, 9.17) is 0 Å². The van der Waals surface area contributed by atoms with E-state index < -0.39 is 0 Å². The summed E-state index contributed by atoms with van der Waals surface area (Å²) >= 11 is 2.28. The van der Waals surface area contributed by atoms with Gasteiger partial charge in [0.05, 0.1) is 9.26 Å². The summed E-state index contributed by atoms with van der Waals surface area (Å²) in [5.41, 5.74) is 1.78. The third-order valence-electron chi connectivity index (χ3n) is 2.41. The average Bonchev–Trinajstić information content (AvgIpc) is 2.42. The second kappa shape index (κ2) is 6.03. The minimum absolute atomic E-state index is 0.644. The maximum atomic E-state index is 4.56. The van der Waals surface area contributed by atoms with Crippen molar-refractivity contribution in [1.82, 2.24) is 19.9 Å². The molecule has 5 nitrogen and oxygen atoms in total. The summed E-state index contributed by atoms with van der Waals surface area (Å²) in [6, 6.07) is 1.82. The minimum atomic E-state index is 0.644. The zero-order valence-electron chi connectivity index (χ0n) is 10.3. The zero-order chi connectivity index (χ0) is 13.0. The maximum absolute atomic E-state index is 4.56. The van der Waals surface area contributed by atoms with E-state index in [1.54, 1.807) is 6.20 Å². The first kappa shape index (κ1) is 13.1. The highest BCUT2D eigenvalue weighted by atomic mass is 127. The molecule has 2 aromatic rings. The van der Waals surface area contributed by atoms with Crippen LogP contribution in [0.1, 0.15) is 19.5 Å². The lowest BCUT2D eigenvalue weighted by Crippen LogP contribution is -2.08. The highest BCUT2D eigenvalue weighted by molar-refractivity contribution is 14.1. The van der Waals surface area contributed by atoms with Gasteiger partial charge in [-0.25, -0.2) is 19.9 Å². The van der Waals surface area contributed by atoms with Crippen molar-refractivity contribution in [1.29, 1.82) is 0 Å². The largest absolute Gasteiger partial charge is 0.369 e. The van der Waals surface area contributed by atoms with E-state index in [0.717, 1.165) is 33.7 Å². The molecule has 0 aliphatic rings. The normalized spacial score (nSPS) is 10.4. The Hall–Kier alpha value is -1.31. The average molecular weight is 355 g/mol. The van der Waals surface area contributed by atoms with Gasteiger partial charge in [-0.15, -0.1) is 0 Å². The van der Waals surface area contributed by atoms with Crippen LogP contribution < -0.4 is 5.32 Å². The summed E-state index contributed by atoms with van der Waals surface area (Å²) < 4.78 is 1.08. The Morgan fingerprint density at radius 2 is 2.11 bits per heavy atom. The molecule has 94 valence electrons. The molecule has 0 aromatic carbocycles. The first-order valence-corrected chi connectivity index (χ1v) is 6.90. The molecule has 18 heavy (non-hydrogen) atoms. The standard InChI is InChI=1S/C12H14IN5/c1-3-8-10(13)12(15-4-2)18-11(17-8)9-5-6-14-7-16-9/h5-7H,3-4H2,1-2H3,(H,15,17,18). The van der Waals surface area contributed by atoms with Crippen molar-refractivity contribution in [3.8, 4) is 11.5 Å². The lowest BCUT2D eigenvalue weighted by Gasteiger charge is -2.10. The fourth-order valence-corrected chi connectivity index (χ4v) is 2.36. The van der Waals surface area contributed by atoms with Gasteiger partial charge in [0.1, 0.15) is 17.8 Å². The molecular formula is C12H14IN5. The number of nitrogens with zero attached hydrogens (tertiary/aromatic N) is 4. The number of rotatable bonds is 4. The number of halogens is 1. The summed E-state index contributed by atoms with van der Waals surface area (Å²) in [7, 11) is 0. The summed E-state index contributed by atoms with van der Waals surface area (Å²) in [4.78, 5) is 17.2. The summed E-state index contributed by atoms with van der Waals surface area (Å²) in [6.45, 7) is 4.97. The van der Waals surface area contributed by atoms with Gasteiger partial charge in [-0.1, -0.05) is 6.92 Å². The Bertz CT molecular complexity index is 529. The van der Waals surface area contributed by atoms with Crippen LogP contribution in [-0.4, -0.2) is 26.5 Å². The Kier molecular flexibility index (Phi) is 4.40. The van der Waals surface area contributed by atoms with Gasteiger partial charge < -0.3 is 5.32 Å². The molecule has 2 rings (SSSR count). The van der Waals surface area contributed by atoms with E-state index in [2.05, 4.69) is 54.8 Å². The smallest absolute Gasteiger partial charge is 0.180 e. The quantitative estimate of drug-likeness (QED) is 0.854. The zero-order valence-corrected chi connectivity index (χ0v) is 12.5. The van der Waals surface area contributed by atoms with E-state index in [1.807, 2.05) is 13.0 Å². The molecule has 0 bridgehead atoms. The Morgan fingerprint density at radius 3 is 2.72 bits per heavy atom. The van der Waals surface area contributed by atoms with Gasteiger partial charge in [0.25, 0.3) is 0 Å². The molecule has 2 heterocycles. The minimum Gasteiger partial charge on any atom is -0.369 e. The topological polar surface area (TPSA) is 63.6 Å². The van der Waals surface area contributed by atoms with Gasteiger partial charge in [-0.05, 0) is 42.0 Å². The third-order valence-corrected chi connectivity index (χ3v) is 3.54. The van der Waals surface area contributed by atoms with Crippen molar-refractivity contribution < 1.29 is 0 Å². The van der Waals surface area contributed by atoms with Crippen molar-refractivity contribution in [2.75, 3.05) is 11.9 Å². The number of hydrogen-bond donors (Lipinski definition) is 1. The lowest BCUT2D eigenvalue weighted by atomic mass is 10.3. The van der Waals surface area contributed by atoms with Crippen LogP contribution in [0.25, 0.3) is 11.5 Å². The fraction of sp³-hybridized carbons (Fsp3) is 0.333. The van der Waals surface area contributed by atoms with Crippen molar-refractivity contribution in [2.45, 2.75) is 20.3 Å².